The predicted molar refractivity (Wildman–Crippen MR) is 67.7 cm³/mol. The van der Waals surface area contributed by atoms with Crippen molar-refractivity contribution in [2.75, 3.05) is 31.7 Å². The van der Waals surface area contributed by atoms with E-state index in [-0.39, 0.29) is 13.2 Å². The summed E-state index contributed by atoms with van der Waals surface area (Å²) < 4.78 is 33.5. The van der Waals surface area contributed by atoms with Gasteiger partial charge in [-0.2, -0.15) is 0 Å². The van der Waals surface area contributed by atoms with Crippen molar-refractivity contribution < 1.29 is 18.3 Å². The highest BCUT2D eigenvalue weighted by Crippen LogP contribution is 2.11. The maximum atomic E-state index is 11.8. The van der Waals surface area contributed by atoms with Gasteiger partial charge in [-0.05, 0) is 6.92 Å². The number of hydrogen-bond acceptors (Lipinski definition) is 5. The number of rotatable bonds is 9. The smallest absolute Gasteiger partial charge is 0.261 e. The Morgan fingerprint density at radius 2 is 2.16 bits per heavy atom. The van der Waals surface area contributed by atoms with Gasteiger partial charge in [0.25, 0.3) is 6.43 Å². The second-order valence-electron chi connectivity index (χ2n) is 3.52. The molecular weight excluding hydrogens is 280 g/mol. The molecule has 19 heavy (non-hydrogen) atoms. The number of nitrogens with one attached hydrogen (secondary N) is 1. The van der Waals surface area contributed by atoms with Crippen LogP contribution >= 0.6 is 11.6 Å². The molecule has 1 aromatic rings. The normalized spacial score (nSPS) is 11.0. The Morgan fingerprint density at radius 3 is 2.84 bits per heavy atom. The van der Waals surface area contributed by atoms with Crippen LogP contribution in [-0.4, -0.2) is 42.8 Å². The van der Waals surface area contributed by atoms with Gasteiger partial charge in [-0.3, -0.25) is 0 Å². The number of alkyl halides is 2. The molecule has 0 unspecified atom stereocenters. The van der Waals surface area contributed by atoms with E-state index in [0.29, 0.717) is 29.9 Å². The molecule has 0 atom stereocenters. The van der Waals surface area contributed by atoms with E-state index in [9.17, 15) is 8.78 Å². The molecule has 0 aliphatic rings. The van der Waals surface area contributed by atoms with Gasteiger partial charge in [0.15, 0.2) is 5.82 Å². The molecule has 0 aliphatic heterocycles. The summed E-state index contributed by atoms with van der Waals surface area (Å²) in [5, 5.41) is 3.21. The van der Waals surface area contributed by atoms with Crippen molar-refractivity contribution in [1.29, 1.82) is 0 Å². The van der Waals surface area contributed by atoms with Gasteiger partial charge in [-0.15, -0.1) is 0 Å². The van der Waals surface area contributed by atoms with Crippen molar-refractivity contribution in [2.45, 2.75) is 20.0 Å². The van der Waals surface area contributed by atoms with E-state index in [1.54, 1.807) is 6.07 Å². The summed E-state index contributed by atoms with van der Waals surface area (Å²) in [4.78, 5) is 8.17. The Labute approximate surface area is 115 Å². The van der Waals surface area contributed by atoms with E-state index in [1.165, 1.54) is 0 Å². The summed E-state index contributed by atoms with van der Waals surface area (Å²) in [5.74, 6) is 0.973. The molecule has 8 heteroatoms. The van der Waals surface area contributed by atoms with Gasteiger partial charge in [-0.1, -0.05) is 11.6 Å². The molecule has 1 N–H and O–H groups in total. The van der Waals surface area contributed by atoms with Crippen LogP contribution in [0.1, 0.15) is 12.7 Å². The van der Waals surface area contributed by atoms with Gasteiger partial charge in [0.2, 0.25) is 0 Å². The van der Waals surface area contributed by atoms with Crippen LogP contribution in [0.3, 0.4) is 0 Å². The Morgan fingerprint density at radius 1 is 1.37 bits per heavy atom. The summed E-state index contributed by atoms with van der Waals surface area (Å²) in [6.45, 7) is 2.64. The van der Waals surface area contributed by atoms with Gasteiger partial charge in [0, 0.05) is 19.2 Å². The fourth-order valence-corrected chi connectivity index (χ4v) is 1.44. The fraction of sp³-hybridized carbons (Fsp3) is 0.636. The average Bonchev–Trinajstić information content (AvgIpc) is 2.35. The first-order chi connectivity index (χ1) is 9.11. The molecule has 0 fully saturated rings. The lowest BCUT2D eigenvalue weighted by molar-refractivity contribution is 0.0214. The number of ether oxygens (including phenoxy) is 2. The van der Waals surface area contributed by atoms with E-state index in [1.807, 2.05) is 6.92 Å². The predicted octanol–water partition coefficient (Wildman–Crippen LogP) is 2.36. The van der Waals surface area contributed by atoms with Crippen LogP contribution in [-0.2, 0) is 16.1 Å². The van der Waals surface area contributed by atoms with E-state index >= 15 is 0 Å². The first-order valence-electron chi connectivity index (χ1n) is 5.82. The van der Waals surface area contributed by atoms with E-state index in [4.69, 9.17) is 21.1 Å². The van der Waals surface area contributed by atoms with Gasteiger partial charge in [0.05, 0.1) is 6.61 Å². The van der Waals surface area contributed by atoms with Gasteiger partial charge < -0.3 is 14.8 Å². The van der Waals surface area contributed by atoms with Crippen LogP contribution < -0.4 is 5.32 Å². The standard InChI is InChI=1S/C11H16ClF2N3O2/c1-2-18-7-11-16-8(12)5-10(17-11)15-3-4-19-6-9(13)14/h5,9H,2-4,6-7H2,1H3,(H,15,16,17). The molecular formula is C11H16ClF2N3O2. The topological polar surface area (TPSA) is 56.3 Å². The van der Waals surface area contributed by atoms with Crippen LogP contribution in [0.2, 0.25) is 5.15 Å². The quantitative estimate of drug-likeness (QED) is 0.560. The molecule has 1 heterocycles. The molecule has 0 aromatic carbocycles. The third kappa shape index (κ3) is 7.19. The summed E-state index contributed by atoms with van der Waals surface area (Å²) in [6.07, 6.45) is -2.45. The summed E-state index contributed by atoms with van der Waals surface area (Å²) in [6, 6.07) is 1.55. The maximum absolute atomic E-state index is 11.8. The highest BCUT2D eigenvalue weighted by molar-refractivity contribution is 6.29. The largest absolute Gasteiger partial charge is 0.374 e. The molecule has 1 aromatic heterocycles. The highest BCUT2D eigenvalue weighted by atomic mass is 35.5. The van der Waals surface area contributed by atoms with Crippen LogP contribution in [0.25, 0.3) is 0 Å². The third-order valence-corrected chi connectivity index (χ3v) is 2.17. The SMILES string of the molecule is CCOCc1nc(Cl)cc(NCCOCC(F)F)n1. The molecule has 0 bridgehead atoms. The number of halogens is 3. The van der Waals surface area contributed by atoms with Crippen molar-refractivity contribution in [3.8, 4) is 0 Å². The average molecular weight is 296 g/mol. The van der Waals surface area contributed by atoms with E-state index in [2.05, 4.69) is 15.3 Å². The van der Waals surface area contributed by atoms with Gasteiger partial charge in [-0.25, -0.2) is 18.7 Å². The van der Waals surface area contributed by atoms with Crippen molar-refractivity contribution in [3.05, 3.63) is 17.0 Å². The number of aromatic nitrogens is 2. The minimum Gasteiger partial charge on any atom is -0.374 e. The van der Waals surface area contributed by atoms with Crippen LogP contribution in [0.4, 0.5) is 14.6 Å². The molecule has 108 valence electrons. The highest BCUT2D eigenvalue weighted by Gasteiger charge is 2.04. The first kappa shape index (κ1) is 16.0. The Bertz CT molecular complexity index is 383. The number of hydrogen-bond donors (Lipinski definition) is 1. The monoisotopic (exact) mass is 295 g/mol. The fourth-order valence-electron chi connectivity index (χ4n) is 1.24. The summed E-state index contributed by atoms with van der Waals surface area (Å²) in [5.41, 5.74) is 0. The summed E-state index contributed by atoms with van der Waals surface area (Å²) in [7, 11) is 0. The van der Waals surface area contributed by atoms with E-state index in [0.717, 1.165) is 0 Å². The number of nitrogens with zero attached hydrogens (tertiary/aromatic N) is 2. The molecule has 0 radical (unpaired) electrons. The second kappa shape index (κ2) is 8.95. The zero-order valence-electron chi connectivity index (χ0n) is 10.5. The van der Waals surface area contributed by atoms with Gasteiger partial charge in [0.1, 0.15) is 24.2 Å². The lowest BCUT2D eigenvalue weighted by Crippen LogP contribution is -2.14. The van der Waals surface area contributed by atoms with Gasteiger partial charge >= 0.3 is 0 Å². The zero-order valence-corrected chi connectivity index (χ0v) is 11.3. The molecule has 5 nitrogen and oxygen atoms in total. The minimum absolute atomic E-state index is 0.159. The third-order valence-electron chi connectivity index (χ3n) is 1.97. The van der Waals surface area contributed by atoms with Crippen molar-refractivity contribution in [2.24, 2.45) is 0 Å². The van der Waals surface area contributed by atoms with Crippen LogP contribution in [0.15, 0.2) is 6.07 Å². The van der Waals surface area contributed by atoms with Crippen LogP contribution in [0, 0.1) is 0 Å². The molecule has 0 saturated heterocycles. The van der Waals surface area contributed by atoms with Crippen molar-refractivity contribution in [1.82, 2.24) is 9.97 Å². The van der Waals surface area contributed by atoms with Crippen LogP contribution in [0.5, 0.6) is 0 Å². The van der Waals surface area contributed by atoms with E-state index < -0.39 is 13.0 Å². The Hall–Kier alpha value is -1.05. The lowest BCUT2D eigenvalue weighted by Gasteiger charge is -2.08. The number of anilines is 1. The van der Waals surface area contributed by atoms with Crippen molar-refractivity contribution >= 4 is 17.4 Å². The van der Waals surface area contributed by atoms with Crippen molar-refractivity contribution in [3.63, 3.8) is 0 Å². The molecule has 0 amide bonds. The lowest BCUT2D eigenvalue weighted by atomic mass is 10.5. The zero-order chi connectivity index (χ0) is 14.1. The Kier molecular flexibility index (Phi) is 7.54. The molecule has 0 saturated carbocycles. The summed E-state index contributed by atoms with van der Waals surface area (Å²) >= 11 is 5.83. The molecule has 0 spiro atoms. The molecule has 1 rings (SSSR count). The first-order valence-corrected chi connectivity index (χ1v) is 6.20. The minimum atomic E-state index is -2.45. The Balaban J connectivity index is 2.38. The second-order valence-corrected chi connectivity index (χ2v) is 3.91. The maximum Gasteiger partial charge on any atom is 0.261 e. The molecule has 0 aliphatic carbocycles.